The third-order valence-electron chi connectivity index (χ3n) is 18.8. The van der Waals surface area contributed by atoms with Crippen molar-refractivity contribution in [3.05, 3.63) is 219 Å². The Morgan fingerprint density at radius 2 is 0.779 bits per heavy atom. The zero-order valence-electron chi connectivity index (χ0n) is 48.8. The number of para-hydroxylation sites is 2. The van der Waals surface area contributed by atoms with Gasteiger partial charge in [-0.05, 0) is 187 Å². The van der Waals surface area contributed by atoms with Gasteiger partial charge in [-0.2, -0.15) is 0 Å². The lowest BCUT2D eigenvalue weighted by molar-refractivity contribution is 0.331. The zero-order chi connectivity index (χ0) is 54.4. The molecule has 12 rings (SSSR count). The highest BCUT2D eigenvalue weighted by molar-refractivity contribution is 6.02. The van der Waals surface area contributed by atoms with Gasteiger partial charge in [0.25, 0.3) is 0 Å². The van der Waals surface area contributed by atoms with E-state index in [-0.39, 0.29) is 38.4 Å². The summed E-state index contributed by atoms with van der Waals surface area (Å²) in [6.07, 6.45) is 4.59. The van der Waals surface area contributed by atoms with Crippen molar-refractivity contribution in [2.24, 2.45) is 0 Å². The van der Waals surface area contributed by atoms with Gasteiger partial charge in [-0.25, -0.2) is 0 Å². The first-order chi connectivity index (χ1) is 36.3. The van der Waals surface area contributed by atoms with Gasteiger partial charge < -0.3 is 14.7 Å². The molecule has 3 heteroatoms. The molecule has 0 fully saturated rings. The van der Waals surface area contributed by atoms with Crippen LogP contribution in [-0.4, -0.2) is 0 Å². The zero-order valence-corrected chi connectivity index (χ0v) is 48.8. The predicted molar refractivity (Wildman–Crippen MR) is 330 cm³/mol. The van der Waals surface area contributed by atoms with E-state index in [1.807, 2.05) is 0 Å². The molecule has 0 bridgehead atoms. The Hall–Kier alpha value is -6.84. The molecule has 0 saturated heterocycles. The minimum Gasteiger partial charge on any atom is -0.310 e. The van der Waals surface area contributed by atoms with Gasteiger partial charge in [0.1, 0.15) is 0 Å². The number of benzene rings is 8. The summed E-state index contributed by atoms with van der Waals surface area (Å²) in [7, 11) is 0. The Balaban J connectivity index is 1.29. The molecular formula is C74H81N3. The maximum absolute atomic E-state index is 2.72. The molecule has 2 aliphatic heterocycles. The Labute approximate surface area is 462 Å². The van der Waals surface area contributed by atoms with E-state index in [0.29, 0.717) is 0 Å². The first-order valence-corrected chi connectivity index (χ1v) is 28.7. The van der Waals surface area contributed by atoms with Crippen LogP contribution in [0, 0.1) is 6.92 Å². The summed E-state index contributed by atoms with van der Waals surface area (Å²) >= 11 is 0. The van der Waals surface area contributed by atoms with Crippen molar-refractivity contribution in [3.8, 4) is 11.1 Å². The van der Waals surface area contributed by atoms with Crippen LogP contribution < -0.4 is 14.7 Å². The van der Waals surface area contributed by atoms with Crippen LogP contribution in [0.15, 0.2) is 164 Å². The lowest BCUT2D eigenvalue weighted by atomic mass is 9.60. The van der Waals surface area contributed by atoms with Crippen molar-refractivity contribution in [2.45, 2.75) is 168 Å². The van der Waals surface area contributed by atoms with E-state index < -0.39 is 0 Å². The normalized spacial score (nSPS) is 18.4. The number of hydrogen-bond acceptors (Lipinski definition) is 3. The summed E-state index contributed by atoms with van der Waals surface area (Å²) in [5.41, 5.74) is 27.3. The van der Waals surface area contributed by atoms with Crippen LogP contribution in [0.1, 0.15) is 184 Å². The number of anilines is 9. The van der Waals surface area contributed by atoms with Crippen molar-refractivity contribution in [1.29, 1.82) is 0 Å². The second kappa shape index (κ2) is 17.6. The van der Waals surface area contributed by atoms with E-state index in [1.165, 1.54) is 101 Å². The van der Waals surface area contributed by atoms with Gasteiger partial charge in [-0.3, -0.25) is 0 Å². The molecule has 3 nitrogen and oxygen atoms in total. The van der Waals surface area contributed by atoms with Crippen LogP contribution in [0.2, 0.25) is 0 Å². The molecule has 392 valence electrons. The minimum absolute atomic E-state index is 0.00148. The number of rotatable bonds is 6. The van der Waals surface area contributed by atoms with E-state index in [1.54, 1.807) is 0 Å². The Morgan fingerprint density at radius 3 is 1.21 bits per heavy atom. The Morgan fingerprint density at radius 1 is 0.390 bits per heavy atom. The second-order valence-corrected chi connectivity index (χ2v) is 28.1. The van der Waals surface area contributed by atoms with E-state index in [4.69, 9.17) is 0 Å². The van der Waals surface area contributed by atoms with Gasteiger partial charge in [0.15, 0.2) is 0 Å². The van der Waals surface area contributed by atoms with Crippen molar-refractivity contribution in [1.82, 2.24) is 0 Å². The SMILES string of the molecule is Cc1cc(C(C)(C)C)ccc1N1c2cc3c(cc2C2c4cc5c(cc4N(c4ccc(C(C)(C)C)cc4-c4ccccc4)c4cc(N(c6ccccc6)c6ccccc6)cc1c42)C(C)(C)CCC5(C)C)C(C)(C)CCC3(C)C. The lowest BCUT2D eigenvalue weighted by Crippen LogP contribution is -2.37. The number of fused-ring (bicyclic) bond motifs is 6. The van der Waals surface area contributed by atoms with Crippen LogP contribution in [0.4, 0.5) is 51.2 Å². The van der Waals surface area contributed by atoms with Crippen molar-refractivity contribution in [3.63, 3.8) is 0 Å². The fourth-order valence-corrected chi connectivity index (χ4v) is 13.8. The van der Waals surface area contributed by atoms with E-state index in [2.05, 4.69) is 282 Å². The van der Waals surface area contributed by atoms with Gasteiger partial charge in [-0.1, -0.05) is 194 Å². The van der Waals surface area contributed by atoms with Crippen molar-refractivity contribution < 1.29 is 0 Å². The molecule has 0 amide bonds. The maximum atomic E-state index is 2.72. The molecule has 0 radical (unpaired) electrons. The second-order valence-electron chi connectivity index (χ2n) is 28.1. The Bertz CT molecular complexity index is 3580. The Kier molecular flexibility index (Phi) is 11.6. The average molecular weight is 1010 g/mol. The summed E-state index contributed by atoms with van der Waals surface area (Å²) in [6, 6.07) is 63.8. The van der Waals surface area contributed by atoms with Crippen LogP contribution in [-0.2, 0) is 32.5 Å². The fraction of sp³-hybridized carbons (Fsp3) is 0.351. The minimum atomic E-state index is -0.0569. The highest BCUT2D eigenvalue weighted by Gasteiger charge is 2.48. The molecular weight excluding hydrogens is 931 g/mol. The highest BCUT2D eigenvalue weighted by atomic mass is 15.2. The molecule has 0 N–H and O–H groups in total. The third kappa shape index (κ3) is 8.36. The molecule has 2 aliphatic carbocycles. The van der Waals surface area contributed by atoms with E-state index >= 15 is 0 Å². The summed E-state index contributed by atoms with van der Waals surface area (Å²) in [6.45, 7) is 36.4. The number of aryl methyl sites for hydroxylation is 1. The van der Waals surface area contributed by atoms with Crippen LogP contribution in [0.25, 0.3) is 11.1 Å². The molecule has 2 heterocycles. The topological polar surface area (TPSA) is 9.72 Å². The summed E-state index contributed by atoms with van der Waals surface area (Å²) in [4.78, 5) is 7.91. The van der Waals surface area contributed by atoms with Gasteiger partial charge >= 0.3 is 0 Å². The average Bonchev–Trinajstić information content (AvgIpc) is 3.52. The third-order valence-corrected chi connectivity index (χ3v) is 18.8. The molecule has 1 atom stereocenters. The predicted octanol–water partition coefficient (Wildman–Crippen LogP) is 21.2. The molecule has 77 heavy (non-hydrogen) atoms. The molecule has 0 aromatic heterocycles. The molecule has 0 spiro atoms. The quantitative estimate of drug-likeness (QED) is 0.164. The van der Waals surface area contributed by atoms with Gasteiger partial charge in [0.2, 0.25) is 0 Å². The van der Waals surface area contributed by atoms with Crippen molar-refractivity contribution >= 4 is 51.2 Å². The number of hydrogen-bond donors (Lipinski definition) is 0. The lowest BCUT2D eigenvalue weighted by Gasteiger charge is -2.50. The molecule has 0 saturated carbocycles. The summed E-state index contributed by atoms with van der Waals surface area (Å²) < 4.78 is 0. The molecule has 4 aliphatic rings. The monoisotopic (exact) mass is 1010 g/mol. The van der Waals surface area contributed by atoms with Gasteiger partial charge in [0, 0.05) is 34.1 Å². The smallest absolute Gasteiger partial charge is 0.0545 e. The fourth-order valence-electron chi connectivity index (χ4n) is 13.8. The van der Waals surface area contributed by atoms with Crippen LogP contribution in [0.5, 0.6) is 0 Å². The first-order valence-electron chi connectivity index (χ1n) is 28.7. The van der Waals surface area contributed by atoms with Gasteiger partial charge in [0.05, 0.1) is 34.1 Å². The van der Waals surface area contributed by atoms with E-state index in [9.17, 15) is 0 Å². The number of nitrogens with zero attached hydrogens (tertiary/aromatic N) is 3. The molecule has 8 aromatic rings. The molecule has 1 unspecified atom stereocenters. The molecule has 8 aromatic carbocycles. The van der Waals surface area contributed by atoms with E-state index in [0.717, 1.165) is 42.7 Å². The van der Waals surface area contributed by atoms with Crippen LogP contribution >= 0.6 is 0 Å². The highest BCUT2D eigenvalue weighted by Crippen LogP contribution is 2.65. The van der Waals surface area contributed by atoms with Crippen LogP contribution in [0.3, 0.4) is 0 Å². The largest absolute Gasteiger partial charge is 0.310 e. The summed E-state index contributed by atoms with van der Waals surface area (Å²) in [5, 5.41) is 0. The van der Waals surface area contributed by atoms with Gasteiger partial charge in [-0.15, -0.1) is 0 Å². The van der Waals surface area contributed by atoms with Crippen molar-refractivity contribution in [2.75, 3.05) is 14.7 Å². The summed E-state index contributed by atoms with van der Waals surface area (Å²) in [5.74, 6) is -0.0473. The maximum Gasteiger partial charge on any atom is 0.0545 e. The first kappa shape index (κ1) is 50.9. The standard InChI is InChI=1S/C74H81N3/c1-47-39-49(69(2,3)4)31-33-61(47)76-63-45-59-57(71(8,9)35-37-73(59,12)13)43-55(63)67-56-44-58-60(74(14,15)38-36-72(58,10)11)46-64(56)77(62-34-32-50(70(5,6)7)40-54(62)48-25-19-16-20-26-48)66-42-53(41-65(76)68(66)67)75(51-27-21-17-22-28-51)52-29-23-18-24-30-52/h16-34,39-46,67H,35-38H2,1-15H3.